The van der Waals surface area contributed by atoms with Gasteiger partial charge in [-0.1, -0.05) is 6.07 Å². The van der Waals surface area contributed by atoms with Gasteiger partial charge in [-0.2, -0.15) is 0 Å². The molecule has 0 bridgehead atoms. The van der Waals surface area contributed by atoms with Crippen LogP contribution in [-0.2, 0) is 16.0 Å². The van der Waals surface area contributed by atoms with Crippen LogP contribution in [0.25, 0.3) is 0 Å². The molecule has 30 heavy (non-hydrogen) atoms. The highest BCUT2D eigenvalue weighted by Gasteiger charge is 2.27. The number of rotatable bonds is 8. The molecule has 1 aromatic heterocycles. The number of carbonyl (C=O) groups excluding carboxylic acids is 3. The van der Waals surface area contributed by atoms with Crippen LogP contribution in [0.1, 0.15) is 38.1 Å². The Balaban J connectivity index is 2.34. The Kier molecular flexibility index (Phi) is 7.82. The molecule has 162 valence electrons. The van der Waals surface area contributed by atoms with Gasteiger partial charge in [-0.25, -0.2) is 4.79 Å². The molecule has 2 amide bonds. The molecular formula is C21H26N2O6S. The fourth-order valence-corrected chi connectivity index (χ4v) is 4.03. The number of ether oxygens (including phenoxy) is 3. The lowest BCUT2D eigenvalue weighted by Crippen LogP contribution is -2.21. The van der Waals surface area contributed by atoms with Gasteiger partial charge < -0.3 is 24.4 Å². The third-order valence-corrected chi connectivity index (χ3v) is 5.52. The molecule has 1 aromatic carbocycles. The number of hydrogen-bond donors (Lipinski definition) is 1. The molecule has 0 spiro atoms. The molecule has 9 heteroatoms. The SMILES string of the molecule is CCOC(=O)c1c(NC(=O)Cc2ccc(OC)cc2OC)sc(C(=O)N(C)C)c1C. The molecule has 1 heterocycles. The fourth-order valence-electron chi connectivity index (χ4n) is 2.80. The molecule has 2 aromatic rings. The Bertz CT molecular complexity index is 951. The maximum atomic E-state index is 12.7. The highest BCUT2D eigenvalue weighted by molar-refractivity contribution is 7.18. The number of thiophene rings is 1. The first-order valence-electron chi connectivity index (χ1n) is 9.26. The highest BCUT2D eigenvalue weighted by atomic mass is 32.1. The van der Waals surface area contributed by atoms with Crippen molar-refractivity contribution in [1.29, 1.82) is 0 Å². The molecule has 0 atom stereocenters. The van der Waals surface area contributed by atoms with Crippen molar-refractivity contribution in [2.75, 3.05) is 40.2 Å². The van der Waals surface area contributed by atoms with Crippen LogP contribution in [0.5, 0.6) is 11.5 Å². The second-order valence-corrected chi connectivity index (χ2v) is 7.60. The Labute approximate surface area is 179 Å². The summed E-state index contributed by atoms with van der Waals surface area (Å²) < 4.78 is 15.6. The largest absolute Gasteiger partial charge is 0.497 e. The molecule has 1 N–H and O–H groups in total. The van der Waals surface area contributed by atoms with Crippen molar-refractivity contribution in [2.45, 2.75) is 20.3 Å². The van der Waals surface area contributed by atoms with E-state index in [9.17, 15) is 14.4 Å². The quantitative estimate of drug-likeness (QED) is 0.642. The fraction of sp³-hybridized carbons (Fsp3) is 0.381. The van der Waals surface area contributed by atoms with Crippen LogP contribution in [0, 0.1) is 6.92 Å². The molecule has 8 nitrogen and oxygen atoms in total. The van der Waals surface area contributed by atoms with Crippen LogP contribution < -0.4 is 14.8 Å². The number of benzene rings is 1. The van der Waals surface area contributed by atoms with E-state index in [2.05, 4.69) is 5.32 Å². The van der Waals surface area contributed by atoms with Crippen LogP contribution >= 0.6 is 11.3 Å². The van der Waals surface area contributed by atoms with E-state index < -0.39 is 5.97 Å². The second kappa shape index (κ2) is 10.1. The van der Waals surface area contributed by atoms with Crippen molar-refractivity contribution in [3.8, 4) is 11.5 Å². The zero-order chi connectivity index (χ0) is 22.4. The molecule has 0 aliphatic rings. The van der Waals surface area contributed by atoms with E-state index in [-0.39, 0.29) is 35.4 Å². The number of anilines is 1. The lowest BCUT2D eigenvalue weighted by molar-refractivity contribution is -0.115. The van der Waals surface area contributed by atoms with E-state index in [1.54, 1.807) is 53.3 Å². The molecule has 0 fully saturated rings. The number of nitrogens with one attached hydrogen (secondary N) is 1. The Hall–Kier alpha value is -3.07. The van der Waals surface area contributed by atoms with Gasteiger partial charge in [0, 0.05) is 25.7 Å². The van der Waals surface area contributed by atoms with Gasteiger partial charge >= 0.3 is 5.97 Å². The maximum absolute atomic E-state index is 12.7. The Morgan fingerprint density at radius 2 is 1.83 bits per heavy atom. The van der Waals surface area contributed by atoms with Crippen molar-refractivity contribution >= 4 is 34.1 Å². The minimum absolute atomic E-state index is 0.0172. The Morgan fingerprint density at radius 1 is 1.13 bits per heavy atom. The lowest BCUT2D eigenvalue weighted by Gasteiger charge is -2.11. The summed E-state index contributed by atoms with van der Waals surface area (Å²) in [7, 11) is 6.31. The van der Waals surface area contributed by atoms with Gasteiger partial charge in [-0.15, -0.1) is 11.3 Å². The number of amides is 2. The second-order valence-electron chi connectivity index (χ2n) is 6.58. The zero-order valence-corrected chi connectivity index (χ0v) is 18.8. The zero-order valence-electron chi connectivity index (χ0n) is 18.0. The summed E-state index contributed by atoms with van der Waals surface area (Å²) in [6.45, 7) is 3.54. The third kappa shape index (κ3) is 5.10. The van der Waals surface area contributed by atoms with Crippen LogP contribution in [0.15, 0.2) is 18.2 Å². The van der Waals surface area contributed by atoms with E-state index in [1.807, 2.05) is 0 Å². The van der Waals surface area contributed by atoms with Crippen molar-refractivity contribution < 1.29 is 28.6 Å². The van der Waals surface area contributed by atoms with E-state index >= 15 is 0 Å². The third-order valence-electron chi connectivity index (χ3n) is 4.32. The summed E-state index contributed by atoms with van der Waals surface area (Å²) >= 11 is 1.06. The van der Waals surface area contributed by atoms with Gasteiger partial charge in [-0.3, -0.25) is 9.59 Å². The number of hydrogen-bond acceptors (Lipinski definition) is 7. The number of carbonyl (C=O) groups is 3. The summed E-state index contributed by atoms with van der Waals surface area (Å²) in [6.07, 6.45) is 0.0172. The molecule has 0 aliphatic carbocycles. The standard InChI is InChI=1S/C21H26N2O6S/c1-7-29-21(26)17-12(2)18(20(25)23(3)4)30-19(17)22-16(24)10-13-8-9-14(27-5)11-15(13)28-6/h8-9,11H,7,10H2,1-6H3,(H,22,24). The van der Waals surface area contributed by atoms with Crippen LogP contribution in [0.3, 0.4) is 0 Å². The molecular weight excluding hydrogens is 408 g/mol. The van der Waals surface area contributed by atoms with E-state index in [1.165, 1.54) is 12.0 Å². The first-order chi connectivity index (χ1) is 14.2. The van der Waals surface area contributed by atoms with E-state index in [4.69, 9.17) is 14.2 Å². The lowest BCUT2D eigenvalue weighted by atomic mass is 10.1. The molecule has 2 rings (SSSR count). The minimum Gasteiger partial charge on any atom is -0.497 e. The van der Waals surface area contributed by atoms with Crippen LogP contribution in [-0.4, -0.2) is 57.6 Å². The molecule has 0 unspecified atom stereocenters. The van der Waals surface area contributed by atoms with E-state index in [0.29, 0.717) is 27.5 Å². The van der Waals surface area contributed by atoms with Crippen molar-refractivity contribution in [3.63, 3.8) is 0 Å². The van der Waals surface area contributed by atoms with Crippen LogP contribution in [0.2, 0.25) is 0 Å². The molecule has 0 saturated carbocycles. The Morgan fingerprint density at radius 3 is 2.40 bits per heavy atom. The average molecular weight is 435 g/mol. The summed E-state index contributed by atoms with van der Waals surface area (Å²) in [4.78, 5) is 39.5. The topological polar surface area (TPSA) is 94.2 Å². The molecule has 0 aliphatic heterocycles. The average Bonchev–Trinajstić information content (AvgIpc) is 3.03. The van der Waals surface area contributed by atoms with E-state index in [0.717, 1.165) is 11.3 Å². The predicted octanol–water partition coefficient (Wildman–Crippen LogP) is 3.13. The van der Waals surface area contributed by atoms with Gasteiger partial charge in [0.15, 0.2) is 0 Å². The van der Waals surface area contributed by atoms with Crippen LogP contribution in [0.4, 0.5) is 5.00 Å². The summed E-state index contributed by atoms with van der Waals surface area (Å²) in [5.41, 5.74) is 1.34. The monoisotopic (exact) mass is 434 g/mol. The molecule has 0 saturated heterocycles. The maximum Gasteiger partial charge on any atom is 0.341 e. The summed E-state index contributed by atoms with van der Waals surface area (Å²) in [5, 5.41) is 3.04. The summed E-state index contributed by atoms with van der Waals surface area (Å²) in [6, 6.07) is 5.16. The first-order valence-corrected chi connectivity index (χ1v) is 10.1. The first kappa shape index (κ1) is 23.2. The minimum atomic E-state index is -0.582. The van der Waals surface area contributed by atoms with Crippen molar-refractivity contribution in [3.05, 3.63) is 39.8 Å². The number of methoxy groups -OCH3 is 2. The van der Waals surface area contributed by atoms with Gasteiger partial charge in [0.05, 0.1) is 37.7 Å². The van der Waals surface area contributed by atoms with Crippen molar-refractivity contribution in [1.82, 2.24) is 4.90 Å². The molecule has 0 radical (unpaired) electrons. The smallest absolute Gasteiger partial charge is 0.341 e. The normalized spacial score (nSPS) is 10.3. The van der Waals surface area contributed by atoms with Gasteiger partial charge in [0.25, 0.3) is 5.91 Å². The number of esters is 1. The van der Waals surface area contributed by atoms with Gasteiger partial charge in [-0.05, 0) is 25.5 Å². The van der Waals surface area contributed by atoms with Gasteiger partial charge in [0.2, 0.25) is 5.91 Å². The summed E-state index contributed by atoms with van der Waals surface area (Å²) in [5.74, 6) is -0.0573. The predicted molar refractivity (Wildman–Crippen MR) is 115 cm³/mol. The number of nitrogens with zero attached hydrogens (tertiary/aromatic N) is 1. The van der Waals surface area contributed by atoms with Crippen molar-refractivity contribution in [2.24, 2.45) is 0 Å². The highest BCUT2D eigenvalue weighted by Crippen LogP contribution is 2.35. The van der Waals surface area contributed by atoms with Gasteiger partial charge in [0.1, 0.15) is 16.5 Å².